The van der Waals surface area contributed by atoms with Gasteiger partial charge in [-0.15, -0.1) is 0 Å². The number of carboxylic acids is 1. The maximum absolute atomic E-state index is 11.9. The van der Waals surface area contributed by atoms with Gasteiger partial charge in [-0.05, 0) is 24.6 Å². The smallest absolute Gasteiger partial charge is 0.307 e. The molecule has 1 heterocycles. The Morgan fingerprint density at radius 3 is 2.85 bits per heavy atom. The second kappa shape index (κ2) is 4.80. The van der Waals surface area contributed by atoms with Crippen molar-refractivity contribution in [3.63, 3.8) is 0 Å². The first-order valence-electron chi connectivity index (χ1n) is 6.27. The first-order chi connectivity index (χ1) is 9.65. The zero-order chi connectivity index (χ0) is 14.1. The summed E-state index contributed by atoms with van der Waals surface area (Å²) in [5, 5.41) is 11.6. The Bertz CT molecular complexity index is 651. The number of aromatic nitrogens is 2. The van der Waals surface area contributed by atoms with Crippen molar-refractivity contribution in [1.82, 2.24) is 9.55 Å². The number of nitrogens with one attached hydrogen (secondary N) is 1. The third-order valence-corrected chi connectivity index (χ3v) is 3.36. The number of hydrogen-bond acceptors (Lipinski definition) is 3. The van der Waals surface area contributed by atoms with E-state index in [1.54, 1.807) is 18.6 Å². The minimum Gasteiger partial charge on any atom is -0.481 e. The molecule has 1 aliphatic rings. The minimum atomic E-state index is -0.905. The number of rotatable bonds is 4. The molecular formula is C14H13N3O3. The number of amides is 1. The topological polar surface area (TPSA) is 84.2 Å². The van der Waals surface area contributed by atoms with Crippen LogP contribution in [0.3, 0.4) is 0 Å². The molecule has 2 aromatic rings. The molecule has 20 heavy (non-hydrogen) atoms. The number of benzene rings is 1. The largest absolute Gasteiger partial charge is 0.481 e. The number of carboxylic acid groups (broad SMARTS) is 1. The lowest BCUT2D eigenvalue weighted by Crippen LogP contribution is -2.16. The molecule has 0 aliphatic heterocycles. The maximum Gasteiger partial charge on any atom is 0.307 e. The quantitative estimate of drug-likeness (QED) is 0.883. The summed E-state index contributed by atoms with van der Waals surface area (Å²) in [6, 6.07) is 7.31. The van der Waals surface area contributed by atoms with Crippen molar-refractivity contribution >= 4 is 17.6 Å². The molecule has 2 unspecified atom stereocenters. The van der Waals surface area contributed by atoms with Gasteiger partial charge in [0.05, 0.1) is 18.2 Å². The summed E-state index contributed by atoms with van der Waals surface area (Å²) < 4.78 is 1.83. The van der Waals surface area contributed by atoms with Gasteiger partial charge in [-0.2, -0.15) is 0 Å². The van der Waals surface area contributed by atoms with E-state index < -0.39 is 17.8 Å². The summed E-state index contributed by atoms with van der Waals surface area (Å²) in [4.78, 5) is 26.6. The molecular weight excluding hydrogens is 258 g/mol. The molecule has 1 aliphatic carbocycles. The monoisotopic (exact) mass is 271 g/mol. The van der Waals surface area contributed by atoms with Crippen molar-refractivity contribution in [3.05, 3.63) is 43.0 Å². The third-order valence-electron chi connectivity index (χ3n) is 3.36. The van der Waals surface area contributed by atoms with Crippen LogP contribution < -0.4 is 5.32 Å². The predicted molar refractivity (Wildman–Crippen MR) is 71.4 cm³/mol. The van der Waals surface area contributed by atoms with Gasteiger partial charge in [0, 0.05) is 23.8 Å². The molecule has 102 valence electrons. The Balaban J connectivity index is 1.71. The van der Waals surface area contributed by atoms with Gasteiger partial charge in [0.25, 0.3) is 0 Å². The molecule has 1 aromatic carbocycles. The van der Waals surface area contributed by atoms with Gasteiger partial charge < -0.3 is 15.0 Å². The van der Waals surface area contributed by atoms with E-state index in [9.17, 15) is 9.59 Å². The Hall–Kier alpha value is -2.63. The van der Waals surface area contributed by atoms with Crippen LogP contribution in [0.2, 0.25) is 0 Å². The van der Waals surface area contributed by atoms with Crippen LogP contribution in [0.4, 0.5) is 5.69 Å². The molecule has 1 fully saturated rings. The lowest BCUT2D eigenvalue weighted by atomic mass is 10.2. The number of carbonyl (C=O) groups is 2. The molecule has 6 nitrogen and oxygen atoms in total. The van der Waals surface area contributed by atoms with E-state index in [-0.39, 0.29) is 5.91 Å². The summed E-state index contributed by atoms with van der Waals surface area (Å²) in [7, 11) is 0. The number of nitrogens with zero attached hydrogens (tertiary/aromatic N) is 2. The van der Waals surface area contributed by atoms with Crippen molar-refractivity contribution in [1.29, 1.82) is 0 Å². The first kappa shape index (κ1) is 12.4. The molecule has 0 saturated heterocycles. The van der Waals surface area contributed by atoms with Gasteiger partial charge in [-0.25, -0.2) is 4.98 Å². The predicted octanol–water partition coefficient (Wildman–Crippen LogP) is 1.53. The van der Waals surface area contributed by atoms with Crippen LogP contribution in [0.1, 0.15) is 6.42 Å². The van der Waals surface area contributed by atoms with Crippen LogP contribution in [0, 0.1) is 11.8 Å². The fourth-order valence-corrected chi connectivity index (χ4v) is 2.15. The Kier molecular flexibility index (Phi) is 2.98. The zero-order valence-corrected chi connectivity index (χ0v) is 10.6. The SMILES string of the molecule is O=C(O)C1CC1C(=O)Nc1cccc(-n2ccnc2)c1. The summed E-state index contributed by atoms with van der Waals surface area (Å²) in [6.07, 6.45) is 5.57. The molecule has 1 aromatic heterocycles. The molecule has 2 N–H and O–H groups in total. The number of aliphatic carboxylic acids is 1. The zero-order valence-electron chi connectivity index (χ0n) is 10.6. The van der Waals surface area contributed by atoms with Crippen LogP contribution >= 0.6 is 0 Å². The number of hydrogen-bond donors (Lipinski definition) is 2. The van der Waals surface area contributed by atoms with Crippen molar-refractivity contribution in [2.45, 2.75) is 6.42 Å². The molecule has 6 heteroatoms. The van der Waals surface area contributed by atoms with Crippen molar-refractivity contribution in [2.24, 2.45) is 11.8 Å². The van der Waals surface area contributed by atoms with E-state index in [2.05, 4.69) is 10.3 Å². The standard InChI is InChI=1S/C14H13N3O3/c18-13(11-7-12(11)14(19)20)16-9-2-1-3-10(6-9)17-5-4-15-8-17/h1-6,8,11-12H,7H2,(H,16,18)(H,19,20). The van der Waals surface area contributed by atoms with Crippen molar-refractivity contribution in [2.75, 3.05) is 5.32 Å². The lowest BCUT2D eigenvalue weighted by molar-refractivity contribution is -0.139. The summed E-state index contributed by atoms with van der Waals surface area (Å²) in [6.45, 7) is 0. The van der Waals surface area contributed by atoms with Gasteiger partial charge in [0.1, 0.15) is 0 Å². The Morgan fingerprint density at radius 1 is 1.35 bits per heavy atom. The average molecular weight is 271 g/mol. The highest BCUT2D eigenvalue weighted by molar-refractivity contribution is 5.98. The van der Waals surface area contributed by atoms with Gasteiger partial charge in [0.15, 0.2) is 0 Å². The summed E-state index contributed by atoms with van der Waals surface area (Å²) in [5.41, 5.74) is 1.53. The number of carbonyl (C=O) groups excluding carboxylic acids is 1. The molecule has 0 radical (unpaired) electrons. The van der Waals surface area contributed by atoms with E-state index in [1.165, 1.54) is 0 Å². The molecule has 0 bridgehead atoms. The third kappa shape index (κ3) is 2.40. The number of anilines is 1. The molecule has 2 atom stereocenters. The second-order valence-electron chi connectivity index (χ2n) is 4.80. The van der Waals surface area contributed by atoms with Crippen LogP contribution in [0.5, 0.6) is 0 Å². The molecule has 1 amide bonds. The highest BCUT2D eigenvalue weighted by Crippen LogP contribution is 2.39. The van der Waals surface area contributed by atoms with Crippen molar-refractivity contribution < 1.29 is 14.7 Å². The summed E-state index contributed by atoms with van der Waals surface area (Å²) >= 11 is 0. The highest BCUT2D eigenvalue weighted by Gasteiger charge is 2.48. The van der Waals surface area contributed by atoms with E-state index in [0.29, 0.717) is 12.1 Å². The first-order valence-corrected chi connectivity index (χ1v) is 6.27. The summed E-state index contributed by atoms with van der Waals surface area (Å²) in [5.74, 6) is -2.09. The van der Waals surface area contributed by atoms with Gasteiger partial charge in [-0.1, -0.05) is 6.07 Å². The Morgan fingerprint density at radius 2 is 2.20 bits per heavy atom. The minimum absolute atomic E-state index is 0.236. The van der Waals surface area contributed by atoms with E-state index >= 15 is 0 Å². The Labute approximate surface area is 115 Å². The fraction of sp³-hybridized carbons (Fsp3) is 0.214. The molecule has 3 rings (SSSR count). The van der Waals surface area contributed by atoms with E-state index in [1.807, 2.05) is 29.0 Å². The van der Waals surface area contributed by atoms with Gasteiger partial charge in [-0.3, -0.25) is 9.59 Å². The van der Waals surface area contributed by atoms with Crippen LogP contribution in [-0.2, 0) is 9.59 Å². The van der Waals surface area contributed by atoms with Gasteiger partial charge >= 0.3 is 5.97 Å². The van der Waals surface area contributed by atoms with Crippen LogP contribution in [-0.4, -0.2) is 26.5 Å². The highest BCUT2D eigenvalue weighted by atomic mass is 16.4. The van der Waals surface area contributed by atoms with E-state index in [4.69, 9.17) is 5.11 Å². The van der Waals surface area contributed by atoms with Gasteiger partial charge in [0.2, 0.25) is 5.91 Å². The second-order valence-corrected chi connectivity index (χ2v) is 4.80. The maximum atomic E-state index is 11.9. The lowest BCUT2D eigenvalue weighted by Gasteiger charge is -2.07. The van der Waals surface area contributed by atoms with Crippen molar-refractivity contribution in [3.8, 4) is 5.69 Å². The molecule has 0 spiro atoms. The number of imidazole rings is 1. The van der Waals surface area contributed by atoms with Crippen LogP contribution in [0.15, 0.2) is 43.0 Å². The molecule has 1 saturated carbocycles. The van der Waals surface area contributed by atoms with Crippen LogP contribution in [0.25, 0.3) is 5.69 Å². The average Bonchev–Trinajstić information content (AvgIpc) is 3.06. The normalized spacial score (nSPS) is 20.4. The van der Waals surface area contributed by atoms with E-state index in [0.717, 1.165) is 5.69 Å². The fourth-order valence-electron chi connectivity index (χ4n) is 2.15.